The van der Waals surface area contributed by atoms with E-state index in [1.54, 1.807) is 11.3 Å². The molecule has 1 aromatic heterocycles. The molecule has 0 saturated heterocycles. The maximum absolute atomic E-state index is 4.46. The number of hydrogen-bond donors (Lipinski definition) is 1. The molecule has 1 aromatic rings. The Morgan fingerprint density at radius 2 is 2.33 bits per heavy atom. The fraction of sp³-hybridized carbons (Fsp3) is 0.667. The van der Waals surface area contributed by atoms with Crippen molar-refractivity contribution in [3.63, 3.8) is 0 Å². The van der Waals surface area contributed by atoms with Crippen LogP contribution >= 0.6 is 11.3 Å². The molecule has 1 unspecified atom stereocenters. The first-order chi connectivity index (χ1) is 5.77. The van der Waals surface area contributed by atoms with Crippen LogP contribution in [0.2, 0.25) is 0 Å². The predicted octanol–water partition coefficient (Wildman–Crippen LogP) is 2.51. The highest BCUT2D eigenvalue weighted by Gasteiger charge is 2.09. The number of nitrogens with zero attached hydrogens (tertiary/aromatic N) is 1. The van der Waals surface area contributed by atoms with Crippen molar-refractivity contribution >= 4 is 11.3 Å². The third-order valence-corrected chi connectivity index (χ3v) is 2.64. The molecule has 0 aliphatic heterocycles. The van der Waals surface area contributed by atoms with Crippen molar-refractivity contribution in [3.8, 4) is 0 Å². The van der Waals surface area contributed by atoms with Crippen molar-refractivity contribution in [2.45, 2.75) is 33.2 Å². The maximum Gasteiger partial charge on any atom is 0.0898 e. The molecule has 0 fully saturated rings. The molecule has 3 heteroatoms. The van der Waals surface area contributed by atoms with Crippen molar-refractivity contribution in [2.75, 3.05) is 6.54 Å². The van der Waals surface area contributed by atoms with Crippen molar-refractivity contribution in [1.82, 2.24) is 10.3 Å². The van der Waals surface area contributed by atoms with Crippen LogP contribution in [0, 0.1) is 6.92 Å². The summed E-state index contributed by atoms with van der Waals surface area (Å²) >= 11 is 1.72. The van der Waals surface area contributed by atoms with Gasteiger partial charge in [0.05, 0.1) is 16.7 Å². The normalized spacial score (nSPS) is 13.2. The maximum atomic E-state index is 4.46. The average Bonchev–Trinajstić information content (AvgIpc) is 2.47. The van der Waals surface area contributed by atoms with Gasteiger partial charge in [0.25, 0.3) is 0 Å². The van der Waals surface area contributed by atoms with Crippen LogP contribution in [0.3, 0.4) is 0 Å². The van der Waals surface area contributed by atoms with Gasteiger partial charge in [0.2, 0.25) is 0 Å². The summed E-state index contributed by atoms with van der Waals surface area (Å²) in [5, 5.41) is 6.71. The van der Waals surface area contributed by atoms with E-state index in [0.717, 1.165) is 18.0 Å². The second kappa shape index (κ2) is 4.58. The van der Waals surface area contributed by atoms with Gasteiger partial charge >= 0.3 is 0 Å². The molecule has 1 heterocycles. The van der Waals surface area contributed by atoms with Gasteiger partial charge in [0.1, 0.15) is 0 Å². The molecule has 0 amide bonds. The Morgan fingerprint density at radius 3 is 2.75 bits per heavy atom. The quantitative estimate of drug-likeness (QED) is 0.777. The van der Waals surface area contributed by atoms with E-state index in [2.05, 4.69) is 29.5 Å². The number of nitrogens with one attached hydrogen (secondary N) is 1. The lowest BCUT2D eigenvalue weighted by molar-refractivity contribution is 0.526. The van der Waals surface area contributed by atoms with Crippen LogP contribution in [0.25, 0.3) is 0 Å². The van der Waals surface area contributed by atoms with Crippen LogP contribution in [0.1, 0.15) is 37.0 Å². The highest BCUT2D eigenvalue weighted by molar-refractivity contribution is 7.09. The zero-order valence-corrected chi connectivity index (χ0v) is 8.74. The summed E-state index contributed by atoms with van der Waals surface area (Å²) in [6, 6.07) is 0.444. The molecule has 1 N–H and O–H groups in total. The van der Waals surface area contributed by atoms with E-state index >= 15 is 0 Å². The summed E-state index contributed by atoms with van der Waals surface area (Å²) < 4.78 is 0. The van der Waals surface area contributed by atoms with Gasteiger partial charge < -0.3 is 5.32 Å². The van der Waals surface area contributed by atoms with Crippen LogP contribution in [-0.4, -0.2) is 11.5 Å². The zero-order chi connectivity index (χ0) is 8.97. The summed E-state index contributed by atoms with van der Waals surface area (Å²) in [6.07, 6.45) is 1.11. The molecule has 0 aliphatic rings. The zero-order valence-electron chi connectivity index (χ0n) is 7.92. The topological polar surface area (TPSA) is 24.9 Å². The van der Waals surface area contributed by atoms with E-state index in [9.17, 15) is 0 Å². The third kappa shape index (κ3) is 2.29. The standard InChI is InChI=1S/C9H16N2S/c1-4-8(10-5-2)9-6-12-7(3)11-9/h6,8,10H,4-5H2,1-3H3. The molecule has 0 bridgehead atoms. The molecule has 0 radical (unpaired) electrons. The fourth-order valence-electron chi connectivity index (χ4n) is 1.24. The van der Waals surface area contributed by atoms with Crippen LogP contribution < -0.4 is 5.32 Å². The van der Waals surface area contributed by atoms with Crippen molar-refractivity contribution in [2.24, 2.45) is 0 Å². The summed E-state index contributed by atoms with van der Waals surface area (Å²) in [7, 11) is 0. The summed E-state index contributed by atoms with van der Waals surface area (Å²) in [6.45, 7) is 7.37. The molecule has 0 aliphatic carbocycles. The number of rotatable bonds is 4. The van der Waals surface area contributed by atoms with Gasteiger partial charge in [0.15, 0.2) is 0 Å². The predicted molar refractivity (Wildman–Crippen MR) is 53.6 cm³/mol. The second-order valence-corrected chi connectivity index (χ2v) is 3.87. The minimum atomic E-state index is 0.444. The van der Waals surface area contributed by atoms with Gasteiger partial charge in [-0.3, -0.25) is 0 Å². The largest absolute Gasteiger partial charge is 0.309 e. The van der Waals surface area contributed by atoms with E-state index in [0.29, 0.717) is 6.04 Å². The lowest BCUT2D eigenvalue weighted by atomic mass is 10.2. The number of aromatic nitrogens is 1. The fourth-order valence-corrected chi connectivity index (χ4v) is 1.91. The van der Waals surface area contributed by atoms with Gasteiger partial charge in [-0.25, -0.2) is 4.98 Å². The minimum absolute atomic E-state index is 0.444. The number of hydrogen-bond acceptors (Lipinski definition) is 3. The van der Waals surface area contributed by atoms with Crippen LogP contribution in [0.5, 0.6) is 0 Å². The molecule has 1 rings (SSSR count). The Hall–Kier alpha value is -0.410. The van der Waals surface area contributed by atoms with Crippen LogP contribution in [0.15, 0.2) is 5.38 Å². The molecule has 12 heavy (non-hydrogen) atoms. The van der Waals surface area contributed by atoms with Gasteiger partial charge in [0, 0.05) is 5.38 Å². The van der Waals surface area contributed by atoms with E-state index in [1.807, 2.05) is 6.92 Å². The Kier molecular flexibility index (Phi) is 3.69. The van der Waals surface area contributed by atoms with Crippen LogP contribution in [0.4, 0.5) is 0 Å². The molecule has 0 saturated carbocycles. The molecular formula is C9H16N2S. The smallest absolute Gasteiger partial charge is 0.0898 e. The van der Waals surface area contributed by atoms with Crippen LogP contribution in [-0.2, 0) is 0 Å². The van der Waals surface area contributed by atoms with E-state index in [-0.39, 0.29) is 0 Å². The molecular weight excluding hydrogens is 168 g/mol. The molecule has 0 aromatic carbocycles. The first-order valence-electron chi connectivity index (χ1n) is 4.43. The minimum Gasteiger partial charge on any atom is -0.309 e. The number of thiazole rings is 1. The number of aryl methyl sites for hydroxylation is 1. The van der Waals surface area contributed by atoms with Crippen molar-refractivity contribution in [1.29, 1.82) is 0 Å². The van der Waals surface area contributed by atoms with Gasteiger partial charge in [-0.05, 0) is 19.9 Å². The lowest BCUT2D eigenvalue weighted by Crippen LogP contribution is -2.20. The Bertz CT molecular complexity index is 232. The van der Waals surface area contributed by atoms with Gasteiger partial charge in [-0.15, -0.1) is 11.3 Å². The molecule has 2 nitrogen and oxygen atoms in total. The molecule has 1 atom stereocenters. The highest BCUT2D eigenvalue weighted by atomic mass is 32.1. The van der Waals surface area contributed by atoms with Gasteiger partial charge in [-0.2, -0.15) is 0 Å². The average molecular weight is 184 g/mol. The Labute approximate surface area is 78.0 Å². The highest BCUT2D eigenvalue weighted by Crippen LogP contribution is 2.18. The van der Waals surface area contributed by atoms with Gasteiger partial charge in [-0.1, -0.05) is 13.8 Å². The second-order valence-electron chi connectivity index (χ2n) is 2.81. The molecule has 68 valence electrons. The summed E-state index contributed by atoms with van der Waals surface area (Å²) in [5.41, 5.74) is 1.20. The Balaban J connectivity index is 2.66. The van der Waals surface area contributed by atoms with E-state index in [4.69, 9.17) is 0 Å². The van der Waals surface area contributed by atoms with Crippen molar-refractivity contribution < 1.29 is 0 Å². The third-order valence-electron chi connectivity index (χ3n) is 1.85. The molecule has 0 spiro atoms. The summed E-state index contributed by atoms with van der Waals surface area (Å²) in [5.74, 6) is 0. The summed E-state index contributed by atoms with van der Waals surface area (Å²) in [4.78, 5) is 4.46. The Morgan fingerprint density at radius 1 is 1.58 bits per heavy atom. The lowest BCUT2D eigenvalue weighted by Gasteiger charge is -2.12. The van der Waals surface area contributed by atoms with E-state index < -0.39 is 0 Å². The SMILES string of the molecule is CCNC(CC)c1csc(C)n1. The monoisotopic (exact) mass is 184 g/mol. The first kappa shape index (κ1) is 9.68. The first-order valence-corrected chi connectivity index (χ1v) is 5.31. The van der Waals surface area contributed by atoms with E-state index in [1.165, 1.54) is 5.69 Å². The van der Waals surface area contributed by atoms with Crippen molar-refractivity contribution in [3.05, 3.63) is 16.1 Å².